The average molecular weight is 236 g/mol. The number of aromatic nitrogens is 3. The first-order valence-corrected chi connectivity index (χ1v) is 4.11. The van der Waals surface area contributed by atoms with Crippen molar-refractivity contribution in [2.45, 2.75) is 0 Å². The number of rotatable bonds is 3. The van der Waals surface area contributed by atoms with Crippen LogP contribution in [-0.2, 0) is 4.79 Å². The van der Waals surface area contributed by atoms with Crippen LogP contribution in [0.2, 0.25) is 0 Å². The Morgan fingerprint density at radius 1 is 0.867 bits per heavy atom. The van der Waals surface area contributed by atoms with Crippen LogP contribution in [0.15, 0.2) is 15.0 Å². The SMILES string of the molecule is O=C=Nc1nc(N=C=S)nc(N=C=S)n1. The van der Waals surface area contributed by atoms with Gasteiger partial charge in [0.15, 0.2) is 0 Å². The van der Waals surface area contributed by atoms with Crippen molar-refractivity contribution in [2.24, 2.45) is 15.0 Å². The van der Waals surface area contributed by atoms with Crippen LogP contribution in [0.3, 0.4) is 0 Å². The van der Waals surface area contributed by atoms with Crippen molar-refractivity contribution in [3.63, 3.8) is 0 Å². The monoisotopic (exact) mass is 236 g/mol. The molecule has 0 saturated heterocycles. The number of aliphatic imine (C=N–C) groups is 3. The van der Waals surface area contributed by atoms with E-state index in [1.807, 2.05) is 10.3 Å². The van der Waals surface area contributed by atoms with E-state index in [1.165, 1.54) is 6.08 Å². The molecule has 15 heavy (non-hydrogen) atoms. The van der Waals surface area contributed by atoms with Gasteiger partial charge in [-0.1, -0.05) is 0 Å². The van der Waals surface area contributed by atoms with Gasteiger partial charge in [-0.2, -0.15) is 24.9 Å². The molecule has 1 aromatic heterocycles. The number of isothiocyanates is 2. The summed E-state index contributed by atoms with van der Waals surface area (Å²) in [7, 11) is 0. The molecule has 0 N–H and O–H groups in total. The minimum Gasteiger partial charge on any atom is -0.211 e. The summed E-state index contributed by atoms with van der Waals surface area (Å²) >= 11 is 8.72. The molecule has 1 aromatic rings. The quantitative estimate of drug-likeness (QED) is 0.446. The van der Waals surface area contributed by atoms with Crippen molar-refractivity contribution < 1.29 is 4.79 Å². The summed E-state index contributed by atoms with van der Waals surface area (Å²) in [6.07, 6.45) is 1.27. The summed E-state index contributed by atoms with van der Waals surface area (Å²) in [5.41, 5.74) is 0. The van der Waals surface area contributed by atoms with Gasteiger partial charge in [-0.3, -0.25) is 0 Å². The second-order valence-electron chi connectivity index (χ2n) is 1.84. The second-order valence-corrected chi connectivity index (χ2v) is 2.21. The fourth-order valence-corrected chi connectivity index (χ4v) is 0.779. The van der Waals surface area contributed by atoms with Crippen LogP contribution in [0.4, 0.5) is 17.8 Å². The third-order valence-corrected chi connectivity index (χ3v) is 1.22. The van der Waals surface area contributed by atoms with Gasteiger partial charge in [0.1, 0.15) is 0 Å². The molecule has 0 aliphatic heterocycles. The maximum atomic E-state index is 9.99. The minimum atomic E-state index is -0.187. The molecule has 0 atom stereocenters. The Bertz CT molecular complexity index is 436. The van der Waals surface area contributed by atoms with Gasteiger partial charge in [-0.05, 0) is 24.4 Å². The van der Waals surface area contributed by atoms with Gasteiger partial charge in [0.05, 0.1) is 10.3 Å². The molecule has 72 valence electrons. The zero-order valence-electron chi connectivity index (χ0n) is 6.91. The third-order valence-electron chi connectivity index (χ3n) is 1.04. The Hall–Kier alpha value is -2.01. The van der Waals surface area contributed by atoms with E-state index in [0.717, 1.165) is 0 Å². The van der Waals surface area contributed by atoms with Crippen LogP contribution >= 0.6 is 24.4 Å². The zero-order valence-corrected chi connectivity index (χ0v) is 8.54. The van der Waals surface area contributed by atoms with Crippen molar-refractivity contribution in [3.8, 4) is 0 Å². The molecular formula is C6N6OS2. The summed E-state index contributed by atoms with van der Waals surface area (Å²) in [4.78, 5) is 31.1. The van der Waals surface area contributed by atoms with Gasteiger partial charge < -0.3 is 0 Å². The van der Waals surface area contributed by atoms with Gasteiger partial charge in [-0.25, -0.2) is 4.79 Å². The third kappa shape index (κ3) is 3.32. The lowest BCUT2D eigenvalue weighted by Crippen LogP contribution is -1.86. The maximum Gasteiger partial charge on any atom is 0.267 e. The molecule has 0 amide bonds. The summed E-state index contributed by atoms with van der Waals surface area (Å²) in [5.74, 6) is -0.330. The molecule has 0 spiro atoms. The number of carbonyl (C=O) groups excluding carboxylic acids is 1. The lowest BCUT2D eigenvalue weighted by atomic mass is 10.8. The zero-order chi connectivity index (χ0) is 11.1. The van der Waals surface area contributed by atoms with Crippen LogP contribution in [0.1, 0.15) is 0 Å². The molecule has 0 aliphatic rings. The van der Waals surface area contributed by atoms with E-state index in [1.54, 1.807) is 0 Å². The van der Waals surface area contributed by atoms with Crippen LogP contribution in [-0.4, -0.2) is 31.4 Å². The number of hydrogen-bond acceptors (Lipinski definition) is 9. The fourth-order valence-electron chi connectivity index (χ4n) is 0.616. The predicted octanol–water partition coefficient (Wildman–Crippen LogP) is 1.31. The van der Waals surface area contributed by atoms with E-state index in [0.29, 0.717) is 0 Å². The first kappa shape index (κ1) is 11.1. The summed E-state index contributed by atoms with van der Waals surface area (Å²) in [6, 6.07) is 0. The predicted molar refractivity (Wildman–Crippen MR) is 57.0 cm³/mol. The van der Waals surface area contributed by atoms with Crippen LogP contribution in [0.5, 0.6) is 0 Å². The Kier molecular flexibility index (Phi) is 4.18. The van der Waals surface area contributed by atoms with Gasteiger partial charge in [0.25, 0.3) is 17.8 Å². The van der Waals surface area contributed by atoms with Gasteiger partial charge in [0.2, 0.25) is 6.08 Å². The first-order chi connectivity index (χ1) is 7.30. The highest BCUT2D eigenvalue weighted by Gasteiger charge is 2.03. The van der Waals surface area contributed by atoms with Gasteiger partial charge in [-0.15, -0.1) is 4.99 Å². The van der Waals surface area contributed by atoms with Crippen molar-refractivity contribution in [3.05, 3.63) is 0 Å². The molecule has 0 bridgehead atoms. The lowest BCUT2D eigenvalue weighted by molar-refractivity contribution is 0.565. The van der Waals surface area contributed by atoms with E-state index >= 15 is 0 Å². The maximum absolute atomic E-state index is 9.99. The molecule has 9 heteroatoms. The van der Waals surface area contributed by atoms with E-state index in [-0.39, 0.29) is 17.8 Å². The first-order valence-electron chi connectivity index (χ1n) is 3.30. The number of isocyanates is 1. The number of nitrogens with zero attached hydrogens (tertiary/aromatic N) is 6. The number of hydrogen-bond donors (Lipinski definition) is 0. The number of thiocarbonyl (C=S) groups is 2. The Labute approximate surface area is 93.8 Å². The lowest BCUT2D eigenvalue weighted by Gasteiger charge is -1.92. The molecule has 0 aliphatic carbocycles. The average Bonchev–Trinajstić information content (AvgIpc) is 2.19. The second kappa shape index (κ2) is 5.66. The van der Waals surface area contributed by atoms with Gasteiger partial charge in [0, 0.05) is 0 Å². The Morgan fingerprint density at radius 3 is 1.60 bits per heavy atom. The van der Waals surface area contributed by atoms with Crippen LogP contribution < -0.4 is 0 Å². The molecule has 1 heterocycles. The molecule has 7 nitrogen and oxygen atoms in total. The fraction of sp³-hybridized carbons (Fsp3) is 0. The van der Waals surface area contributed by atoms with Crippen molar-refractivity contribution in [1.29, 1.82) is 0 Å². The standard InChI is InChI=1S/C6N6OS2/c13-1-7-4-10-5(8-2-14)12-6(11-4)9-3-15. The van der Waals surface area contributed by atoms with Crippen LogP contribution in [0.25, 0.3) is 0 Å². The summed E-state index contributed by atoms with van der Waals surface area (Å²) in [5, 5.41) is 4.10. The van der Waals surface area contributed by atoms with Crippen molar-refractivity contribution >= 4 is 58.7 Å². The Morgan fingerprint density at radius 2 is 1.27 bits per heavy atom. The van der Waals surface area contributed by atoms with Crippen molar-refractivity contribution in [2.75, 3.05) is 0 Å². The minimum absolute atomic E-state index is 0.0713. The highest BCUT2D eigenvalue weighted by atomic mass is 32.1. The molecule has 0 saturated carbocycles. The topological polar surface area (TPSA) is 92.8 Å². The molecule has 1 rings (SSSR count). The summed E-state index contributed by atoms with van der Waals surface area (Å²) < 4.78 is 0. The highest BCUT2D eigenvalue weighted by Crippen LogP contribution is 2.14. The van der Waals surface area contributed by atoms with E-state index < -0.39 is 0 Å². The molecular weight excluding hydrogens is 236 g/mol. The summed E-state index contributed by atoms with van der Waals surface area (Å²) in [6.45, 7) is 0. The normalized spacial score (nSPS) is 8.00. The molecule has 0 unspecified atom stereocenters. The van der Waals surface area contributed by atoms with Gasteiger partial charge >= 0.3 is 0 Å². The van der Waals surface area contributed by atoms with E-state index in [9.17, 15) is 4.79 Å². The van der Waals surface area contributed by atoms with E-state index in [4.69, 9.17) is 0 Å². The molecule has 0 radical (unpaired) electrons. The smallest absolute Gasteiger partial charge is 0.211 e. The van der Waals surface area contributed by atoms with Crippen molar-refractivity contribution in [1.82, 2.24) is 15.0 Å². The van der Waals surface area contributed by atoms with Crippen LogP contribution in [0, 0.1) is 0 Å². The van der Waals surface area contributed by atoms with E-state index in [2.05, 4.69) is 54.4 Å². The Balaban J connectivity index is 3.36. The molecule has 0 aromatic carbocycles. The largest absolute Gasteiger partial charge is 0.267 e. The highest BCUT2D eigenvalue weighted by molar-refractivity contribution is 7.78. The molecule has 0 fully saturated rings.